The monoisotopic (exact) mass is 428 g/mol. The number of rotatable bonds is 11. The van der Waals surface area contributed by atoms with Crippen molar-refractivity contribution in [2.24, 2.45) is 0 Å². The van der Waals surface area contributed by atoms with Crippen LogP contribution in [0.25, 0.3) is 0 Å². The third-order valence-electron chi connectivity index (χ3n) is 5.97. The Labute approximate surface area is 145 Å². The fourth-order valence-corrected chi connectivity index (χ4v) is 40.7. The van der Waals surface area contributed by atoms with Crippen LogP contribution in [0.3, 0.4) is 0 Å². The summed E-state index contributed by atoms with van der Waals surface area (Å²) in [5.74, 6) is 0. The van der Waals surface area contributed by atoms with Gasteiger partial charge in [-0.15, -0.1) is 0 Å². The normalized spacial score (nSPS) is 17.4. The Morgan fingerprint density at radius 1 is 0.727 bits per heavy atom. The average molecular weight is 427 g/mol. The Morgan fingerprint density at radius 3 is 1.36 bits per heavy atom. The van der Waals surface area contributed by atoms with Gasteiger partial charge in [0.25, 0.3) is 0 Å². The van der Waals surface area contributed by atoms with Crippen LogP contribution in [0.1, 0.15) is 59.3 Å². The van der Waals surface area contributed by atoms with Gasteiger partial charge < -0.3 is 0 Å². The van der Waals surface area contributed by atoms with E-state index in [2.05, 4.69) is 64.7 Å². The number of hydrogen-bond donors (Lipinski definition) is 0. The van der Waals surface area contributed by atoms with Gasteiger partial charge in [0, 0.05) is 0 Å². The fraction of sp³-hybridized carbons (Fsp3) is 0.800. The molecule has 0 atom stereocenters. The van der Waals surface area contributed by atoms with E-state index in [-0.39, 0.29) is 0 Å². The zero-order chi connectivity index (χ0) is 16.7. The molecule has 0 aromatic rings. The Balaban J connectivity index is 3.28. The van der Waals surface area contributed by atoms with Crippen molar-refractivity contribution in [2.45, 2.75) is 95.3 Å². The molecule has 0 spiro atoms. The summed E-state index contributed by atoms with van der Waals surface area (Å²) in [5, 5.41) is 0. The van der Waals surface area contributed by atoms with Gasteiger partial charge in [-0.3, -0.25) is 0 Å². The van der Waals surface area contributed by atoms with Crippen LogP contribution in [-0.2, 0) is 0 Å². The Hall–Kier alpha value is 0.496. The number of hydrogen-bond acceptors (Lipinski definition) is 0. The molecular formula is C20H40SiSn. The van der Waals surface area contributed by atoms with E-state index >= 15 is 0 Å². The van der Waals surface area contributed by atoms with Crippen molar-refractivity contribution in [1.82, 2.24) is 0 Å². The van der Waals surface area contributed by atoms with Crippen molar-refractivity contribution in [2.75, 3.05) is 0 Å². The van der Waals surface area contributed by atoms with E-state index in [1.165, 1.54) is 38.5 Å². The molecule has 0 aromatic heterocycles. The second kappa shape index (κ2) is 9.10. The predicted octanol–water partition coefficient (Wildman–Crippen LogP) is 7.58. The first-order chi connectivity index (χ1) is 10.4. The molecule has 0 aliphatic heterocycles. The SMILES string of the molecule is CCC[CH2][Sn]([CH2]CCC)([CH2]CCC)[C]1([Si](C)(C)C)C=CC=C1. The second-order valence-corrected chi connectivity index (χ2v) is 29.1. The maximum atomic E-state index is 2.70. The molecule has 0 saturated carbocycles. The molecule has 0 heterocycles. The van der Waals surface area contributed by atoms with Gasteiger partial charge in [-0.25, -0.2) is 0 Å². The van der Waals surface area contributed by atoms with E-state index in [9.17, 15) is 0 Å². The summed E-state index contributed by atoms with van der Waals surface area (Å²) in [4.78, 5) is 0. The zero-order valence-corrected chi connectivity index (χ0v) is 20.0. The van der Waals surface area contributed by atoms with Crippen molar-refractivity contribution < 1.29 is 0 Å². The molecule has 0 fully saturated rings. The molecule has 0 nitrogen and oxygen atoms in total. The van der Waals surface area contributed by atoms with Crippen LogP contribution in [0.15, 0.2) is 24.3 Å². The van der Waals surface area contributed by atoms with Crippen molar-refractivity contribution in [3.05, 3.63) is 24.3 Å². The molecule has 0 saturated heterocycles. The van der Waals surface area contributed by atoms with E-state index < -0.39 is 26.5 Å². The first-order valence-electron chi connectivity index (χ1n) is 9.76. The molecule has 0 amide bonds. The third kappa shape index (κ3) is 4.31. The van der Waals surface area contributed by atoms with Gasteiger partial charge in [0.15, 0.2) is 0 Å². The van der Waals surface area contributed by atoms with E-state index in [1.807, 2.05) is 0 Å². The van der Waals surface area contributed by atoms with Gasteiger partial charge in [-0.2, -0.15) is 0 Å². The molecule has 22 heavy (non-hydrogen) atoms. The van der Waals surface area contributed by atoms with Crippen molar-refractivity contribution >= 4 is 26.5 Å². The minimum absolute atomic E-state index is 0.585. The standard InChI is InChI=1S/C8H13Si.3C4H9.Sn/c1-9(2,3)8-6-4-5-7-8;3*1-3-4-2;/h4-7H,1-3H3;3*1,3-4H2,2H3;. The van der Waals surface area contributed by atoms with E-state index in [0.29, 0.717) is 3.05 Å². The minimum atomic E-state index is -2.26. The molecule has 2 heteroatoms. The van der Waals surface area contributed by atoms with Crippen LogP contribution in [0.5, 0.6) is 0 Å². The number of allylic oxidation sites excluding steroid dienone is 4. The molecule has 0 N–H and O–H groups in total. The molecule has 128 valence electrons. The van der Waals surface area contributed by atoms with E-state index in [1.54, 1.807) is 13.3 Å². The van der Waals surface area contributed by atoms with Crippen molar-refractivity contribution in [1.29, 1.82) is 0 Å². The van der Waals surface area contributed by atoms with Gasteiger partial charge in [-0.05, 0) is 0 Å². The number of unbranched alkanes of at least 4 members (excludes halogenated alkanes) is 3. The first kappa shape index (κ1) is 20.5. The first-order valence-corrected chi connectivity index (χ1v) is 20.7. The molecule has 0 aromatic carbocycles. The Bertz CT molecular complexity index is 342. The second-order valence-electron chi connectivity index (χ2n) is 8.43. The van der Waals surface area contributed by atoms with Gasteiger partial charge >= 0.3 is 146 Å². The fourth-order valence-electron chi connectivity index (χ4n) is 4.66. The summed E-state index contributed by atoms with van der Waals surface area (Å²) < 4.78 is 5.47. The van der Waals surface area contributed by atoms with Crippen LogP contribution in [0.4, 0.5) is 0 Å². The summed E-state index contributed by atoms with van der Waals surface area (Å²) in [6.45, 7) is 15.1. The molecule has 1 aliphatic rings. The Morgan fingerprint density at radius 2 is 1.09 bits per heavy atom. The summed E-state index contributed by atoms with van der Waals surface area (Å²) in [5.41, 5.74) is 0. The molecular weight excluding hydrogens is 387 g/mol. The quantitative estimate of drug-likeness (QED) is 0.298. The van der Waals surface area contributed by atoms with Crippen LogP contribution in [0.2, 0.25) is 36.0 Å². The van der Waals surface area contributed by atoms with Crippen molar-refractivity contribution in [3.8, 4) is 0 Å². The molecule has 0 unspecified atom stereocenters. The summed E-state index contributed by atoms with van der Waals surface area (Å²) in [6, 6.07) is 0. The molecule has 0 bridgehead atoms. The van der Waals surface area contributed by atoms with Gasteiger partial charge in [0.05, 0.1) is 0 Å². The topological polar surface area (TPSA) is 0 Å². The third-order valence-corrected chi connectivity index (χ3v) is 36.0. The molecule has 1 rings (SSSR count). The maximum absolute atomic E-state index is 2.70. The molecule has 1 aliphatic carbocycles. The van der Waals surface area contributed by atoms with Crippen LogP contribution >= 0.6 is 0 Å². The van der Waals surface area contributed by atoms with Crippen LogP contribution in [-0.4, -0.2) is 26.5 Å². The van der Waals surface area contributed by atoms with E-state index in [4.69, 9.17) is 0 Å². The van der Waals surface area contributed by atoms with Crippen LogP contribution in [0, 0.1) is 0 Å². The van der Waals surface area contributed by atoms with Gasteiger partial charge in [0.1, 0.15) is 0 Å². The summed E-state index contributed by atoms with van der Waals surface area (Å²) in [7, 11) is -1.24. The predicted molar refractivity (Wildman–Crippen MR) is 109 cm³/mol. The average Bonchev–Trinajstić information content (AvgIpc) is 2.98. The summed E-state index contributed by atoms with van der Waals surface area (Å²) in [6.07, 6.45) is 18.8. The van der Waals surface area contributed by atoms with E-state index in [0.717, 1.165) is 0 Å². The Kier molecular flexibility index (Phi) is 8.50. The van der Waals surface area contributed by atoms with Gasteiger partial charge in [-0.1, -0.05) is 0 Å². The zero-order valence-electron chi connectivity index (χ0n) is 16.2. The summed E-state index contributed by atoms with van der Waals surface area (Å²) >= 11 is -2.26. The van der Waals surface area contributed by atoms with Crippen LogP contribution < -0.4 is 0 Å². The van der Waals surface area contributed by atoms with Gasteiger partial charge in [0.2, 0.25) is 0 Å². The van der Waals surface area contributed by atoms with Crippen molar-refractivity contribution in [3.63, 3.8) is 0 Å². The molecule has 0 radical (unpaired) electrons.